The van der Waals surface area contributed by atoms with Gasteiger partial charge in [0.1, 0.15) is 11.9 Å². The van der Waals surface area contributed by atoms with Crippen LogP contribution in [0.3, 0.4) is 0 Å². The molecule has 1 aromatic heterocycles. The Morgan fingerprint density at radius 3 is 2.38 bits per heavy atom. The number of aromatic nitrogens is 1. The summed E-state index contributed by atoms with van der Waals surface area (Å²) >= 11 is 0. The average Bonchev–Trinajstić information content (AvgIpc) is 3.46. The van der Waals surface area contributed by atoms with Crippen molar-refractivity contribution in [2.45, 2.75) is 52.2 Å². The Labute approximate surface area is 187 Å². The number of benzene rings is 1. The van der Waals surface area contributed by atoms with Gasteiger partial charge in [0.15, 0.2) is 0 Å². The summed E-state index contributed by atoms with van der Waals surface area (Å²) in [5.41, 5.74) is 4.06. The Morgan fingerprint density at radius 2 is 1.72 bits per heavy atom. The van der Waals surface area contributed by atoms with Crippen molar-refractivity contribution in [2.75, 3.05) is 24.5 Å². The first-order valence-electron chi connectivity index (χ1n) is 11.4. The molecule has 1 aliphatic carbocycles. The summed E-state index contributed by atoms with van der Waals surface area (Å²) in [6.07, 6.45) is 2.24. The minimum Gasteiger partial charge on any atom is -0.486 e. The normalized spacial score (nSPS) is 21.1. The van der Waals surface area contributed by atoms with Crippen LogP contribution in [0.15, 0.2) is 35.1 Å². The predicted octanol–water partition coefficient (Wildman–Crippen LogP) is 2.75. The van der Waals surface area contributed by atoms with Crippen molar-refractivity contribution in [2.24, 2.45) is 5.92 Å². The van der Waals surface area contributed by atoms with Crippen molar-refractivity contribution in [1.29, 1.82) is 0 Å². The first-order chi connectivity index (χ1) is 15.3. The van der Waals surface area contributed by atoms with Crippen molar-refractivity contribution >= 4 is 17.5 Å². The molecule has 2 aliphatic heterocycles. The summed E-state index contributed by atoms with van der Waals surface area (Å²) in [6.45, 7) is 7.38. The lowest BCUT2D eigenvalue weighted by Gasteiger charge is -2.40. The second kappa shape index (κ2) is 7.80. The van der Waals surface area contributed by atoms with E-state index in [-0.39, 0.29) is 35.8 Å². The number of carbonyl (C=O) groups excluding carboxylic acids is 2. The lowest BCUT2D eigenvalue weighted by Crippen LogP contribution is -2.57. The van der Waals surface area contributed by atoms with E-state index in [0.717, 1.165) is 29.8 Å². The van der Waals surface area contributed by atoms with Gasteiger partial charge in [0, 0.05) is 36.5 Å². The van der Waals surface area contributed by atoms with E-state index >= 15 is 0 Å². The third-order valence-corrected chi connectivity index (χ3v) is 6.89. The fourth-order valence-corrected chi connectivity index (χ4v) is 4.71. The predicted molar refractivity (Wildman–Crippen MR) is 121 cm³/mol. The van der Waals surface area contributed by atoms with Crippen LogP contribution >= 0.6 is 0 Å². The largest absolute Gasteiger partial charge is 0.486 e. The molecule has 1 atom stereocenters. The van der Waals surface area contributed by atoms with E-state index in [1.165, 1.54) is 5.56 Å². The number of hydrogen-bond acceptors (Lipinski definition) is 4. The third-order valence-electron chi connectivity index (χ3n) is 6.89. The van der Waals surface area contributed by atoms with Crippen LogP contribution in [-0.2, 0) is 9.59 Å². The van der Waals surface area contributed by atoms with Crippen LogP contribution in [0.25, 0.3) is 0 Å². The highest BCUT2D eigenvalue weighted by Crippen LogP contribution is 2.35. The van der Waals surface area contributed by atoms with Crippen LogP contribution in [0.2, 0.25) is 0 Å². The Kier molecular flexibility index (Phi) is 5.07. The molecule has 3 fully saturated rings. The summed E-state index contributed by atoms with van der Waals surface area (Å²) in [5.74, 6) is 0.240. The molecule has 7 nitrogen and oxygen atoms in total. The topological polar surface area (TPSA) is 71.8 Å². The average molecular weight is 436 g/mol. The van der Waals surface area contributed by atoms with Gasteiger partial charge in [0.2, 0.25) is 11.8 Å². The van der Waals surface area contributed by atoms with E-state index in [4.69, 9.17) is 4.74 Å². The fraction of sp³-hybridized carbons (Fsp3) is 0.480. The van der Waals surface area contributed by atoms with Crippen LogP contribution in [0.1, 0.15) is 42.1 Å². The molecule has 0 radical (unpaired) electrons. The molecular weight excluding hydrogens is 406 g/mol. The summed E-state index contributed by atoms with van der Waals surface area (Å²) < 4.78 is 7.80. The number of hydrogen-bond donors (Lipinski definition) is 0. The zero-order chi connectivity index (χ0) is 22.6. The van der Waals surface area contributed by atoms with E-state index in [9.17, 15) is 14.4 Å². The summed E-state index contributed by atoms with van der Waals surface area (Å²) in [4.78, 5) is 41.4. The first kappa shape index (κ1) is 20.8. The SMILES string of the molecule is Cc1ccc(N2CC(C(=O)N3CC(Oc4cc(C)n(C5CC5)c(=O)c4)C3)CC2=O)cc1C. The molecule has 32 heavy (non-hydrogen) atoms. The third kappa shape index (κ3) is 3.80. The zero-order valence-corrected chi connectivity index (χ0v) is 18.8. The first-order valence-corrected chi connectivity index (χ1v) is 11.4. The highest BCUT2D eigenvalue weighted by Gasteiger charge is 2.41. The van der Waals surface area contributed by atoms with Gasteiger partial charge in [0.05, 0.1) is 19.0 Å². The van der Waals surface area contributed by atoms with E-state index in [2.05, 4.69) is 0 Å². The van der Waals surface area contributed by atoms with Crippen molar-refractivity contribution in [3.63, 3.8) is 0 Å². The summed E-state index contributed by atoms with van der Waals surface area (Å²) in [6, 6.07) is 9.75. The summed E-state index contributed by atoms with van der Waals surface area (Å²) in [7, 11) is 0. The molecule has 1 saturated carbocycles. The van der Waals surface area contributed by atoms with Gasteiger partial charge < -0.3 is 19.1 Å². The Morgan fingerprint density at radius 1 is 0.969 bits per heavy atom. The molecule has 0 bridgehead atoms. The van der Waals surface area contributed by atoms with Crippen LogP contribution in [0, 0.1) is 26.7 Å². The number of rotatable bonds is 5. The van der Waals surface area contributed by atoms with Gasteiger partial charge in [-0.1, -0.05) is 6.07 Å². The second-order valence-electron chi connectivity index (χ2n) is 9.43. The molecule has 1 unspecified atom stereocenters. The van der Waals surface area contributed by atoms with Crippen LogP contribution in [-0.4, -0.2) is 47.0 Å². The van der Waals surface area contributed by atoms with E-state index in [1.807, 2.05) is 49.6 Å². The van der Waals surface area contributed by atoms with Crippen molar-refractivity contribution in [1.82, 2.24) is 9.47 Å². The molecule has 1 aromatic carbocycles. The number of aryl methyl sites for hydroxylation is 3. The second-order valence-corrected chi connectivity index (χ2v) is 9.43. The summed E-state index contributed by atoms with van der Waals surface area (Å²) in [5, 5.41) is 0. The number of amides is 2. The molecule has 3 aliphatic rings. The van der Waals surface area contributed by atoms with Crippen molar-refractivity contribution in [3.8, 4) is 5.75 Å². The molecule has 2 amide bonds. The maximum Gasteiger partial charge on any atom is 0.254 e. The molecule has 2 saturated heterocycles. The quantitative estimate of drug-likeness (QED) is 0.724. The molecule has 0 N–H and O–H groups in total. The lowest BCUT2D eigenvalue weighted by molar-refractivity contribution is -0.144. The van der Waals surface area contributed by atoms with E-state index in [1.54, 1.807) is 15.9 Å². The maximum atomic E-state index is 12.9. The molecule has 2 aromatic rings. The van der Waals surface area contributed by atoms with Gasteiger partial charge in [-0.3, -0.25) is 14.4 Å². The van der Waals surface area contributed by atoms with Crippen molar-refractivity contribution in [3.05, 3.63) is 57.5 Å². The van der Waals surface area contributed by atoms with Crippen LogP contribution in [0.4, 0.5) is 5.69 Å². The Balaban J connectivity index is 1.17. The smallest absolute Gasteiger partial charge is 0.254 e. The standard InChI is InChI=1S/C25H29N3O4/c1-15-4-5-20(8-16(15)2)27-12-18(10-23(27)29)25(31)26-13-22(14-26)32-21-9-17(3)28(19-6-7-19)24(30)11-21/h4-5,8-9,11,18-19,22H,6-7,10,12-14H2,1-3H3. The minimum absolute atomic E-state index is 0.00450. The molecule has 168 valence electrons. The van der Waals surface area contributed by atoms with Gasteiger partial charge in [-0.25, -0.2) is 0 Å². The van der Waals surface area contributed by atoms with Crippen molar-refractivity contribution < 1.29 is 14.3 Å². The van der Waals surface area contributed by atoms with Crippen LogP contribution < -0.4 is 15.2 Å². The van der Waals surface area contributed by atoms with Gasteiger partial charge >= 0.3 is 0 Å². The maximum absolute atomic E-state index is 12.9. The van der Waals surface area contributed by atoms with Gasteiger partial charge in [0.25, 0.3) is 5.56 Å². The van der Waals surface area contributed by atoms with Gasteiger partial charge in [-0.15, -0.1) is 0 Å². The van der Waals surface area contributed by atoms with Crippen LogP contribution in [0.5, 0.6) is 5.75 Å². The molecule has 7 heteroatoms. The Hall–Kier alpha value is -3.09. The number of anilines is 1. The number of ether oxygens (including phenoxy) is 1. The highest BCUT2D eigenvalue weighted by atomic mass is 16.5. The lowest BCUT2D eigenvalue weighted by atomic mass is 10.0. The number of carbonyl (C=O) groups is 2. The number of likely N-dealkylation sites (tertiary alicyclic amines) is 1. The molecule has 5 rings (SSSR count). The minimum atomic E-state index is -0.324. The molecule has 0 spiro atoms. The van der Waals surface area contributed by atoms with Gasteiger partial charge in [-0.05, 0) is 62.9 Å². The van der Waals surface area contributed by atoms with Gasteiger partial charge in [-0.2, -0.15) is 0 Å². The molecule has 3 heterocycles. The van der Waals surface area contributed by atoms with E-state index in [0.29, 0.717) is 31.4 Å². The fourth-order valence-electron chi connectivity index (χ4n) is 4.71. The molecular formula is C25H29N3O4. The highest BCUT2D eigenvalue weighted by molar-refractivity contribution is 6.00. The zero-order valence-electron chi connectivity index (χ0n) is 18.8. The number of nitrogens with zero attached hydrogens (tertiary/aromatic N) is 3. The van der Waals surface area contributed by atoms with E-state index < -0.39 is 0 Å². The Bertz CT molecular complexity index is 1140. The number of pyridine rings is 1. The monoisotopic (exact) mass is 435 g/mol.